The van der Waals surface area contributed by atoms with Gasteiger partial charge in [-0.05, 0) is 18.9 Å². The van der Waals surface area contributed by atoms with Crippen LogP contribution in [0.15, 0.2) is 24.5 Å². The first-order valence-corrected chi connectivity index (χ1v) is 12.5. The van der Waals surface area contributed by atoms with Crippen molar-refractivity contribution in [1.29, 1.82) is 0 Å². The van der Waals surface area contributed by atoms with E-state index in [1.165, 1.54) is 126 Å². The first kappa shape index (κ1) is 23.4. The first-order valence-electron chi connectivity index (χ1n) is 12.5. The summed E-state index contributed by atoms with van der Waals surface area (Å²) in [6, 6.07) is 5.06. The molecule has 1 saturated heterocycles. The molecule has 0 aromatic carbocycles. The van der Waals surface area contributed by atoms with Gasteiger partial charge in [0.1, 0.15) is 6.04 Å². The third-order valence-corrected chi connectivity index (χ3v) is 6.99. The van der Waals surface area contributed by atoms with Gasteiger partial charge in [0.25, 0.3) is 0 Å². The standard InChI is InChI=1S/C26H47N2/c1-3-4-5-6-7-8-9-10-11-12-13-14-15-16-22-28(2)23-18-20-26(28)25-19-17-21-27-24-25/h17,19,21,24,26H,3-16,18,20,22-23H2,1-2H3/q+1/t26-,28?/m1/s1. The van der Waals surface area contributed by atoms with Crippen LogP contribution in [0.4, 0.5) is 0 Å². The minimum absolute atomic E-state index is 0.677. The zero-order chi connectivity index (χ0) is 19.9. The lowest BCUT2D eigenvalue weighted by Crippen LogP contribution is -2.43. The summed E-state index contributed by atoms with van der Waals surface area (Å²) in [7, 11) is 2.48. The second-order valence-electron chi connectivity index (χ2n) is 9.47. The van der Waals surface area contributed by atoms with Gasteiger partial charge >= 0.3 is 0 Å². The highest BCUT2D eigenvalue weighted by Crippen LogP contribution is 2.37. The van der Waals surface area contributed by atoms with Crippen molar-refractivity contribution in [2.24, 2.45) is 0 Å². The molecule has 1 aromatic heterocycles. The second kappa shape index (κ2) is 14.1. The van der Waals surface area contributed by atoms with E-state index in [-0.39, 0.29) is 0 Å². The Morgan fingerprint density at radius 2 is 1.43 bits per heavy atom. The van der Waals surface area contributed by atoms with Gasteiger partial charge in [0.05, 0.1) is 20.1 Å². The number of likely N-dealkylation sites (tertiary alicyclic amines) is 1. The molecule has 0 N–H and O–H groups in total. The fourth-order valence-corrected chi connectivity index (χ4v) is 5.15. The summed E-state index contributed by atoms with van der Waals surface area (Å²) in [4.78, 5) is 4.36. The van der Waals surface area contributed by atoms with Crippen LogP contribution < -0.4 is 0 Å². The first-order chi connectivity index (χ1) is 13.8. The van der Waals surface area contributed by atoms with E-state index in [9.17, 15) is 0 Å². The maximum absolute atomic E-state index is 4.36. The molecule has 1 aromatic rings. The molecule has 0 aliphatic carbocycles. The van der Waals surface area contributed by atoms with E-state index in [1.54, 1.807) is 0 Å². The molecule has 0 spiro atoms. The summed E-state index contributed by atoms with van der Waals surface area (Å²) in [5.74, 6) is 0. The summed E-state index contributed by atoms with van der Waals surface area (Å²) >= 11 is 0. The molecule has 0 radical (unpaired) electrons. The quantitative estimate of drug-likeness (QED) is 0.208. The van der Waals surface area contributed by atoms with Crippen LogP contribution in [0.25, 0.3) is 0 Å². The molecule has 1 fully saturated rings. The van der Waals surface area contributed by atoms with Gasteiger partial charge < -0.3 is 4.48 Å². The van der Waals surface area contributed by atoms with E-state index in [0.29, 0.717) is 6.04 Å². The van der Waals surface area contributed by atoms with Crippen LogP contribution in [0.2, 0.25) is 0 Å². The van der Waals surface area contributed by atoms with Crippen molar-refractivity contribution in [2.75, 3.05) is 20.1 Å². The van der Waals surface area contributed by atoms with E-state index >= 15 is 0 Å². The highest BCUT2D eigenvalue weighted by atomic mass is 15.4. The third-order valence-electron chi connectivity index (χ3n) is 6.99. The number of aromatic nitrogens is 1. The van der Waals surface area contributed by atoms with Gasteiger partial charge in [0, 0.05) is 30.8 Å². The monoisotopic (exact) mass is 387 g/mol. The average Bonchev–Trinajstić information content (AvgIpc) is 3.10. The van der Waals surface area contributed by atoms with Crippen LogP contribution in [-0.4, -0.2) is 29.6 Å². The number of hydrogen-bond donors (Lipinski definition) is 0. The molecule has 1 aliphatic heterocycles. The lowest BCUT2D eigenvalue weighted by atomic mass is 10.0. The van der Waals surface area contributed by atoms with E-state index in [1.807, 2.05) is 6.20 Å². The molecule has 2 heteroatoms. The number of hydrogen-bond acceptors (Lipinski definition) is 1. The summed E-state index contributed by atoms with van der Waals surface area (Å²) in [5.41, 5.74) is 1.45. The van der Waals surface area contributed by atoms with Crippen molar-refractivity contribution in [1.82, 2.24) is 4.98 Å². The number of pyridine rings is 1. The summed E-state index contributed by atoms with van der Waals surface area (Å²) in [6.45, 7) is 4.99. The van der Waals surface area contributed by atoms with Crippen LogP contribution in [0.5, 0.6) is 0 Å². The number of unbranched alkanes of at least 4 members (excludes halogenated alkanes) is 13. The van der Waals surface area contributed by atoms with Gasteiger partial charge in [-0.1, -0.05) is 90.0 Å². The zero-order valence-electron chi connectivity index (χ0n) is 19.0. The molecule has 2 atom stereocenters. The number of nitrogens with zero attached hydrogens (tertiary/aromatic N) is 2. The van der Waals surface area contributed by atoms with Crippen molar-refractivity contribution >= 4 is 0 Å². The molecular formula is C26H47N2+. The Labute approximate surface area is 175 Å². The van der Waals surface area contributed by atoms with Gasteiger partial charge in [-0.15, -0.1) is 0 Å². The molecule has 0 saturated carbocycles. The minimum atomic E-state index is 0.677. The van der Waals surface area contributed by atoms with Gasteiger partial charge in [0.2, 0.25) is 0 Å². The number of quaternary nitrogens is 1. The third kappa shape index (κ3) is 8.64. The van der Waals surface area contributed by atoms with Gasteiger partial charge in [0.15, 0.2) is 0 Å². The normalized spacial score (nSPS) is 22.0. The van der Waals surface area contributed by atoms with Crippen LogP contribution in [0, 0.1) is 0 Å². The zero-order valence-corrected chi connectivity index (χ0v) is 19.0. The number of rotatable bonds is 16. The molecular weight excluding hydrogens is 340 g/mol. The van der Waals surface area contributed by atoms with Crippen LogP contribution >= 0.6 is 0 Å². The molecule has 0 amide bonds. The van der Waals surface area contributed by atoms with E-state index in [0.717, 1.165) is 0 Å². The topological polar surface area (TPSA) is 12.9 Å². The van der Waals surface area contributed by atoms with Crippen LogP contribution in [0.1, 0.15) is 121 Å². The van der Waals surface area contributed by atoms with Crippen molar-refractivity contribution in [3.8, 4) is 0 Å². The highest BCUT2D eigenvalue weighted by molar-refractivity contribution is 5.12. The summed E-state index contributed by atoms with van der Waals surface area (Å²) in [5, 5.41) is 0. The van der Waals surface area contributed by atoms with E-state index < -0.39 is 0 Å². The Bertz CT molecular complexity index is 486. The predicted octanol–water partition coefficient (Wildman–Crippen LogP) is 7.84. The molecule has 1 aliphatic rings. The fourth-order valence-electron chi connectivity index (χ4n) is 5.15. The Morgan fingerprint density at radius 1 is 0.857 bits per heavy atom. The molecule has 2 heterocycles. The molecule has 2 nitrogen and oxygen atoms in total. The Balaban J connectivity index is 1.45. The van der Waals surface area contributed by atoms with Crippen molar-refractivity contribution in [2.45, 2.75) is 116 Å². The Kier molecular flexibility index (Phi) is 11.8. The molecule has 28 heavy (non-hydrogen) atoms. The van der Waals surface area contributed by atoms with Crippen LogP contribution in [-0.2, 0) is 0 Å². The largest absolute Gasteiger partial charge is 0.320 e. The van der Waals surface area contributed by atoms with Crippen molar-refractivity contribution < 1.29 is 4.48 Å². The van der Waals surface area contributed by atoms with Gasteiger partial charge in [-0.25, -0.2) is 0 Å². The molecule has 2 rings (SSSR count). The summed E-state index contributed by atoms with van der Waals surface area (Å²) in [6.07, 6.45) is 26.9. The fraction of sp³-hybridized carbons (Fsp3) is 0.808. The smallest absolute Gasteiger partial charge is 0.116 e. The lowest BCUT2D eigenvalue weighted by Gasteiger charge is -2.36. The van der Waals surface area contributed by atoms with Crippen LogP contribution in [0.3, 0.4) is 0 Å². The van der Waals surface area contributed by atoms with Crippen molar-refractivity contribution in [3.63, 3.8) is 0 Å². The second-order valence-corrected chi connectivity index (χ2v) is 9.47. The maximum Gasteiger partial charge on any atom is 0.116 e. The Morgan fingerprint density at radius 3 is 1.96 bits per heavy atom. The lowest BCUT2D eigenvalue weighted by molar-refractivity contribution is -0.927. The summed E-state index contributed by atoms with van der Waals surface area (Å²) < 4.78 is 1.24. The highest BCUT2D eigenvalue weighted by Gasteiger charge is 2.38. The SMILES string of the molecule is CCCCCCCCCCCCCCCC[N+]1(C)CCC[C@@H]1c1cccnc1. The molecule has 1 unspecified atom stereocenters. The van der Waals surface area contributed by atoms with Gasteiger partial charge in [-0.2, -0.15) is 0 Å². The molecule has 0 bridgehead atoms. The minimum Gasteiger partial charge on any atom is -0.320 e. The molecule has 160 valence electrons. The van der Waals surface area contributed by atoms with Crippen molar-refractivity contribution in [3.05, 3.63) is 30.1 Å². The maximum atomic E-state index is 4.36. The Hall–Kier alpha value is -0.890. The average molecular weight is 388 g/mol. The van der Waals surface area contributed by atoms with E-state index in [4.69, 9.17) is 0 Å². The van der Waals surface area contributed by atoms with E-state index in [2.05, 4.69) is 37.3 Å². The predicted molar refractivity (Wildman–Crippen MR) is 122 cm³/mol. The van der Waals surface area contributed by atoms with Gasteiger partial charge in [-0.3, -0.25) is 4.98 Å².